The summed E-state index contributed by atoms with van der Waals surface area (Å²) < 4.78 is 16.6. The predicted molar refractivity (Wildman–Crippen MR) is 70.3 cm³/mol. The number of epoxide rings is 1. The maximum Gasteiger partial charge on any atom is 0.334 e. The Labute approximate surface area is 106 Å². The standard InChI is InChI=1S/C13H26O3Si/c1-14-17(3,15-2)9-5-4-6-11-7-8-12-13(10-11)16-12/h11-13H,4-10H2,1-3H3. The highest BCUT2D eigenvalue weighted by Crippen LogP contribution is 2.41. The average molecular weight is 258 g/mol. The first-order valence-electron chi connectivity index (χ1n) is 6.92. The van der Waals surface area contributed by atoms with Crippen LogP contribution in [0.15, 0.2) is 0 Å². The SMILES string of the molecule is CO[Si](C)(CCCCC1CCC2OC2C1)OC. The van der Waals surface area contributed by atoms with Crippen molar-refractivity contribution in [3.63, 3.8) is 0 Å². The lowest BCUT2D eigenvalue weighted by atomic mass is 9.86. The second-order valence-electron chi connectivity index (χ2n) is 5.68. The number of fused-ring (bicyclic) bond motifs is 1. The van der Waals surface area contributed by atoms with Crippen LogP contribution >= 0.6 is 0 Å². The highest BCUT2D eigenvalue weighted by Gasteiger charge is 2.43. The Morgan fingerprint density at radius 3 is 2.53 bits per heavy atom. The number of ether oxygens (including phenoxy) is 1. The summed E-state index contributed by atoms with van der Waals surface area (Å²) in [7, 11) is 1.74. The molecule has 0 N–H and O–H groups in total. The van der Waals surface area contributed by atoms with Crippen LogP contribution in [-0.4, -0.2) is 35.0 Å². The topological polar surface area (TPSA) is 31.0 Å². The maximum absolute atomic E-state index is 5.57. The normalized spacial score (nSPS) is 32.3. The Hall–Kier alpha value is 0.0969. The molecule has 1 aliphatic heterocycles. The molecule has 3 nitrogen and oxygen atoms in total. The van der Waals surface area contributed by atoms with E-state index in [0.717, 1.165) is 12.0 Å². The van der Waals surface area contributed by atoms with Crippen molar-refractivity contribution in [2.45, 2.75) is 63.3 Å². The molecule has 2 rings (SSSR count). The fourth-order valence-corrected chi connectivity index (χ4v) is 4.38. The Bertz CT molecular complexity index is 243. The lowest BCUT2D eigenvalue weighted by Crippen LogP contribution is -2.35. The van der Waals surface area contributed by atoms with Crippen LogP contribution in [0.2, 0.25) is 12.6 Å². The van der Waals surface area contributed by atoms with Gasteiger partial charge in [0.05, 0.1) is 12.2 Å². The first-order valence-corrected chi connectivity index (χ1v) is 9.45. The van der Waals surface area contributed by atoms with Gasteiger partial charge in [0.25, 0.3) is 0 Å². The van der Waals surface area contributed by atoms with Crippen LogP contribution in [0.3, 0.4) is 0 Å². The molecule has 0 amide bonds. The second-order valence-corrected chi connectivity index (χ2v) is 9.26. The Kier molecular flexibility index (Phi) is 4.63. The average Bonchev–Trinajstić information content (AvgIpc) is 3.12. The third-order valence-electron chi connectivity index (χ3n) is 4.47. The van der Waals surface area contributed by atoms with E-state index in [-0.39, 0.29) is 0 Å². The van der Waals surface area contributed by atoms with E-state index < -0.39 is 8.56 Å². The van der Waals surface area contributed by atoms with E-state index in [1.54, 1.807) is 14.2 Å². The van der Waals surface area contributed by atoms with E-state index in [2.05, 4.69) is 6.55 Å². The molecule has 1 heterocycles. The van der Waals surface area contributed by atoms with Gasteiger partial charge in [-0.15, -0.1) is 0 Å². The van der Waals surface area contributed by atoms with Crippen LogP contribution in [-0.2, 0) is 13.6 Å². The van der Waals surface area contributed by atoms with E-state index in [0.29, 0.717) is 12.2 Å². The van der Waals surface area contributed by atoms with E-state index in [4.69, 9.17) is 13.6 Å². The highest BCUT2D eigenvalue weighted by molar-refractivity contribution is 6.65. The van der Waals surface area contributed by atoms with Gasteiger partial charge in [-0.3, -0.25) is 0 Å². The zero-order valence-corrected chi connectivity index (χ0v) is 12.4. The summed E-state index contributed by atoms with van der Waals surface area (Å²) in [6, 6.07) is 1.12. The van der Waals surface area contributed by atoms with Gasteiger partial charge in [0, 0.05) is 14.2 Å². The largest absolute Gasteiger partial charge is 0.398 e. The van der Waals surface area contributed by atoms with Gasteiger partial charge in [0.1, 0.15) is 0 Å². The molecule has 0 radical (unpaired) electrons. The minimum Gasteiger partial charge on any atom is -0.398 e. The number of hydrogen-bond donors (Lipinski definition) is 0. The molecule has 0 bridgehead atoms. The lowest BCUT2D eigenvalue weighted by Gasteiger charge is -2.23. The smallest absolute Gasteiger partial charge is 0.334 e. The van der Waals surface area contributed by atoms with Crippen molar-refractivity contribution in [2.24, 2.45) is 5.92 Å². The summed E-state index contributed by atoms with van der Waals surface area (Å²) in [5.41, 5.74) is 0. The van der Waals surface area contributed by atoms with Crippen molar-refractivity contribution in [3.8, 4) is 0 Å². The Balaban J connectivity index is 1.56. The van der Waals surface area contributed by atoms with Gasteiger partial charge < -0.3 is 13.6 Å². The van der Waals surface area contributed by atoms with Crippen LogP contribution in [0.25, 0.3) is 0 Å². The molecule has 100 valence electrons. The Morgan fingerprint density at radius 2 is 1.88 bits per heavy atom. The van der Waals surface area contributed by atoms with Crippen molar-refractivity contribution in [1.82, 2.24) is 0 Å². The van der Waals surface area contributed by atoms with Gasteiger partial charge in [0.15, 0.2) is 0 Å². The summed E-state index contributed by atoms with van der Waals surface area (Å²) >= 11 is 0. The lowest BCUT2D eigenvalue weighted by molar-refractivity contribution is 0.247. The third-order valence-corrected chi connectivity index (χ3v) is 7.46. The molecule has 1 saturated carbocycles. The van der Waals surface area contributed by atoms with Crippen LogP contribution in [0.1, 0.15) is 38.5 Å². The van der Waals surface area contributed by atoms with Crippen LogP contribution < -0.4 is 0 Å². The van der Waals surface area contributed by atoms with Crippen molar-refractivity contribution in [1.29, 1.82) is 0 Å². The molecule has 1 aliphatic carbocycles. The Morgan fingerprint density at radius 1 is 1.12 bits per heavy atom. The zero-order valence-electron chi connectivity index (χ0n) is 11.4. The van der Waals surface area contributed by atoms with Gasteiger partial charge in [0.2, 0.25) is 0 Å². The molecule has 0 aromatic rings. The second kappa shape index (κ2) is 5.82. The monoisotopic (exact) mass is 258 g/mol. The molecular formula is C13H26O3Si. The zero-order chi connectivity index (χ0) is 12.3. The fourth-order valence-electron chi connectivity index (χ4n) is 2.92. The molecule has 4 heteroatoms. The van der Waals surface area contributed by atoms with Crippen LogP contribution in [0, 0.1) is 5.92 Å². The van der Waals surface area contributed by atoms with Crippen molar-refractivity contribution >= 4 is 8.56 Å². The molecule has 3 unspecified atom stereocenters. The summed E-state index contributed by atoms with van der Waals surface area (Å²) in [6.07, 6.45) is 9.20. The summed E-state index contributed by atoms with van der Waals surface area (Å²) in [5.74, 6) is 0.914. The number of hydrogen-bond acceptors (Lipinski definition) is 3. The molecule has 3 atom stereocenters. The quantitative estimate of drug-likeness (QED) is 0.399. The van der Waals surface area contributed by atoms with Gasteiger partial charge in [-0.2, -0.15) is 0 Å². The molecule has 0 aromatic carbocycles. The van der Waals surface area contributed by atoms with Gasteiger partial charge >= 0.3 is 8.56 Å². The van der Waals surface area contributed by atoms with E-state index in [1.165, 1.54) is 38.5 Å². The molecule has 17 heavy (non-hydrogen) atoms. The number of unbranched alkanes of at least 4 members (excludes halogenated alkanes) is 1. The van der Waals surface area contributed by atoms with Crippen molar-refractivity contribution in [3.05, 3.63) is 0 Å². The summed E-state index contributed by atoms with van der Waals surface area (Å²) in [4.78, 5) is 0. The molecular weight excluding hydrogens is 232 g/mol. The maximum atomic E-state index is 5.57. The molecule has 1 saturated heterocycles. The molecule has 2 aliphatic rings. The fraction of sp³-hybridized carbons (Fsp3) is 1.00. The van der Waals surface area contributed by atoms with Crippen LogP contribution in [0.5, 0.6) is 0 Å². The number of rotatable bonds is 7. The third kappa shape index (κ3) is 3.78. The van der Waals surface area contributed by atoms with Crippen molar-refractivity contribution in [2.75, 3.05) is 14.2 Å². The highest BCUT2D eigenvalue weighted by atomic mass is 28.4. The minimum atomic E-state index is -1.81. The van der Waals surface area contributed by atoms with Gasteiger partial charge in [-0.05, 0) is 37.8 Å². The molecule has 0 spiro atoms. The summed E-state index contributed by atoms with van der Waals surface area (Å²) in [6.45, 7) is 2.15. The minimum absolute atomic E-state index is 0.631. The molecule has 0 aromatic heterocycles. The van der Waals surface area contributed by atoms with E-state index in [9.17, 15) is 0 Å². The summed E-state index contributed by atoms with van der Waals surface area (Å²) in [5, 5.41) is 0. The first kappa shape index (κ1) is 13.5. The van der Waals surface area contributed by atoms with E-state index >= 15 is 0 Å². The molecule has 2 fully saturated rings. The van der Waals surface area contributed by atoms with Crippen LogP contribution in [0.4, 0.5) is 0 Å². The van der Waals surface area contributed by atoms with Crippen molar-refractivity contribution < 1.29 is 13.6 Å². The van der Waals surface area contributed by atoms with Gasteiger partial charge in [-0.1, -0.05) is 19.3 Å². The van der Waals surface area contributed by atoms with E-state index in [1.807, 2.05) is 0 Å². The van der Waals surface area contributed by atoms with Gasteiger partial charge in [-0.25, -0.2) is 0 Å². The first-order chi connectivity index (χ1) is 8.17. The predicted octanol–water partition coefficient (Wildman–Crippen LogP) is 3.09.